The number of ether oxygens (including phenoxy) is 2. The minimum Gasteiger partial charge on any atom is -0.454 e. The number of carbonyl (C=O) groups excluding carboxylic acids is 1. The smallest absolute Gasteiger partial charge is 0.454 e. The van der Waals surface area contributed by atoms with Gasteiger partial charge < -0.3 is 9.47 Å². The Morgan fingerprint density at radius 1 is 1.50 bits per heavy atom. The highest BCUT2D eigenvalue weighted by Gasteiger charge is 2.43. The third-order valence-electron chi connectivity index (χ3n) is 1.72. The van der Waals surface area contributed by atoms with Gasteiger partial charge in [-0.1, -0.05) is 15.9 Å². The van der Waals surface area contributed by atoms with E-state index in [-0.39, 0.29) is 17.9 Å². The van der Waals surface area contributed by atoms with Gasteiger partial charge >= 0.3 is 12.1 Å². The van der Waals surface area contributed by atoms with Crippen LogP contribution < -0.4 is 0 Å². The third-order valence-corrected chi connectivity index (χ3v) is 2.57. The molecule has 0 aromatic heterocycles. The highest BCUT2D eigenvalue weighted by Crippen LogP contribution is 2.23. The minimum atomic E-state index is -4.93. The molecule has 0 spiro atoms. The maximum atomic E-state index is 11.8. The van der Waals surface area contributed by atoms with Crippen molar-refractivity contribution in [1.29, 1.82) is 0 Å². The van der Waals surface area contributed by atoms with Crippen molar-refractivity contribution < 1.29 is 27.4 Å². The number of esters is 1. The maximum Gasteiger partial charge on any atom is 0.490 e. The molecule has 1 aliphatic heterocycles. The molecular formula is C7H8BrF3O3. The molecule has 0 N–H and O–H groups in total. The fraction of sp³-hybridized carbons (Fsp3) is 0.857. The van der Waals surface area contributed by atoms with Gasteiger partial charge in [-0.05, 0) is 0 Å². The lowest BCUT2D eigenvalue weighted by atomic mass is 10.1. The van der Waals surface area contributed by atoms with Crippen molar-refractivity contribution >= 4 is 21.9 Å². The number of alkyl halides is 4. The van der Waals surface area contributed by atoms with Crippen molar-refractivity contribution in [2.75, 3.05) is 13.2 Å². The van der Waals surface area contributed by atoms with Gasteiger partial charge in [0.05, 0.1) is 18.0 Å². The van der Waals surface area contributed by atoms with Gasteiger partial charge in [-0.25, -0.2) is 4.79 Å². The molecule has 14 heavy (non-hydrogen) atoms. The van der Waals surface area contributed by atoms with Crippen molar-refractivity contribution in [2.24, 2.45) is 0 Å². The summed E-state index contributed by atoms with van der Waals surface area (Å²) in [6.07, 6.45) is -5.42. The topological polar surface area (TPSA) is 35.5 Å². The summed E-state index contributed by atoms with van der Waals surface area (Å²) in [5.41, 5.74) is 0. The molecule has 1 heterocycles. The van der Waals surface area contributed by atoms with E-state index in [1.54, 1.807) is 0 Å². The van der Waals surface area contributed by atoms with E-state index >= 15 is 0 Å². The Bertz CT molecular complexity index is 219. The predicted molar refractivity (Wildman–Crippen MR) is 44.1 cm³/mol. The molecule has 1 fully saturated rings. The molecule has 3 nitrogen and oxygen atoms in total. The molecule has 1 saturated heterocycles. The molecule has 0 aliphatic carbocycles. The molecule has 1 aliphatic rings. The highest BCUT2D eigenvalue weighted by atomic mass is 79.9. The van der Waals surface area contributed by atoms with Crippen LogP contribution in [0.4, 0.5) is 13.2 Å². The number of hydrogen-bond donors (Lipinski definition) is 0. The van der Waals surface area contributed by atoms with Crippen LogP contribution in [0.2, 0.25) is 0 Å². The van der Waals surface area contributed by atoms with Crippen LogP contribution in [0, 0.1) is 0 Å². The highest BCUT2D eigenvalue weighted by molar-refractivity contribution is 9.09. The molecule has 0 radical (unpaired) electrons. The minimum absolute atomic E-state index is 0.246. The van der Waals surface area contributed by atoms with Crippen LogP contribution in [0.5, 0.6) is 0 Å². The monoisotopic (exact) mass is 276 g/mol. The van der Waals surface area contributed by atoms with Crippen molar-refractivity contribution in [1.82, 2.24) is 0 Å². The lowest BCUT2D eigenvalue weighted by Crippen LogP contribution is -2.39. The normalized spacial score (nSPS) is 28.6. The van der Waals surface area contributed by atoms with Crippen molar-refractivity contribution in [3.05, 3.63) is 0 Å². The van der Waals surface area contributed by atoms with E-state index in [2.05, 4.69) is 20.7 Å². The van der Waals surface area contributed by atoms with Gasteiger partial charge in [0, 0.05) is 6.42 Å². The predicted octanol–water partition coefficient (Wildman–Crippen LogP) is 1.64. The Morgan fingerprint density at radius 2 is 2.14 bits per heavy atom. The molecular weight excluding hydrogens is 269 g/mol. The van der Waals surface area contributed by atoms with Crippen LogP contribution in [0.25, 0.3) is 0 Å². The summed E-state index contributed by atoms with van der Waals surface area (Å²) >= 11 is 3.08. The van der Waals surface area contributed by atoms with Gasteiger partial charge in [0.25, 0.3) is 0 Å². The Labute approximate surface area is 86.7 Å². The van der Waals surface area contributed by atoms with Crippen LogP contribution in [0.1, 0.15) is 6.42 Å². The fourth-order valence-corrected chi connectivity index (χ4v) is 1.58. The van der Waals surface area contributed by atoms with Gasteiger partial charge in [0.2, 0.25) is 0 Å². The van der Waals surface area contributed by atoms with E-state index in [9.17, 15) is 18.0 Å². The lowest BCUT2D eigenvalue weighted by molar-refractivity contribution is -0.207. The van der Waals surface area contributed by atoms with E-state index in [0.717, 1.165) is 0 Å². The average molecular weight is 277 g/mol. The first-order chi connectivity index (χ1) is 6.41. The average Bonchev–Trinajstić information content (AvgIpc) is 2.07. The molecule has 82 valence electrons. The molecule has 2 unspecified atom stereocenters. The van der Waals surface area contributed by atoms with Gasteiger partial charge in [-0.2, -0.15) is 13.2 Å². The number of carbonyl (C=O) groups is 1. The lowest BCUT2D eigenvalue weighted by Gasteiger charge is -2.27. The number of halogens is 4. The van der Waals surface area contributed by atoms with E-state index in [1.807, 2.05) is 0 Å². The standard InChI is InChI=1S/C7H8BrF3O3/c8-4-3-13-2-1-5(4)14-6(12)7(9,10)11/h4-5H,1-3H2. The fourth-order valence-electron chi connectivity index (χ4n) is 1.02. The van der Waals surface area contributed by atoms with Gasteiger partial charge in [-0.15, -0.1) is 0 Å². The first kappa shape index (κ1) is 11.8. The summed E-state index contributed by atoms with van der Waals surface area (Å²) < 4.78 is 44.7. The Hall–Kier alpha value is -0.300. The Balaban J connectivity index is 2.46. The summed E-state index contributed by atoms with van der Waals surface area (Å²) in [5, 5.41) is 0. The largest absolute Gasteiger partial charge is 0.490 e. The van der Waals surface area contributed by atoms with Crippen LogP contribution in [-0.4, -0.2) is 36.3 Å². The molecule has 1 rings (SSSR count). The number of hydrogen-bond acceptors (Lipinski definition) is 3. The summed E-state index contributed by atoms with van der Waals surface area (Å²) in [5.74, 6) is -2.14. The molecule has 2 atom stereocenters. The van der Waals surface area contributed by atoms with Gasteiger partial charge in [0.1, 0.15) is 6.10 Å². The van der Waals surface area contributed by atoms with Crippen molar-refractivity contribution in [3.8, 4) is 0 Å². The quantitative estimate of drug-likeness (QED) is 0.540. The SMILES string of the molecule is O=C(OC1CCOCC1Br)C(F)(F)F. The molecule has 0 saturated carbocycles. The molecule has 7 heteroatoms. The zero-order valence-electron chi connectivity index (χ0n) is 7.01. The van der Waals surface area contributed by atoms with Crippen LogP contribution in [-0.2, 0) is 14.3 Å². The first-order valence-electron chi connectivity index (χ1n) is 3.91. The zero-order chi connectivity index (χ0) is 10.8. The van der Waals surface area contributed by atoms with Crippen molar-refractivity contribution in [3.63, 3.8) is 0 Å². The first-order valence-corrected chi connectivity index (χ1v) is 4.82. The van der Waals surface area contributed by atoms with Gasteiger partial charge in [0.15, 0.2) is 0 Å². The summed E-state index contributed by atoms with van der Waals surface area (Å²) in [6.45, 7) is 0.549. The van der Waals surface area contributed by atoms with E-state index in [0.29, 0.717) is 6.61 Å². The van der Waals surface area contributed by atoms with E-state index < -0.39 is 18.2 Å². The Morgan fingerprint density at radius 3 is 2.64 bits per heavy atom. The van der Waals surface area contributed by atoms with E-state index in [4.69, 9.17) is 4.74 Å². The molecule has 0 bridgehead atoms. The Kier molecular flexibility index (Phi) is 3.77. The van der Waals surface area contributed by atoms with Crippen LogP contribution in [0.15, 0.2) is 0 Å². The van der Waals surface area contributed by atoms with Crippen molar-refractivity contribution in [2.45, 2.75) is 23.5 Å². The summed E-state index contributed by atoms with van der Waals surface area (Å²) in [4.78, 5) is 10.1. The molecule has 0 amide bonds. The third kappa shape index (κ3) is 3.13. The van der Waals surface area contributed by atoms with Crippen LogP contribution in [0.3, 0.4) is 0 Å². The number of rotatable bonds is 1. The summed E-state index contributed by atoms with van der Waals surface area (Å²) in [7, 11) is 0. The zero-order valence-corrected chi connectivity index (χ0v) is 8.60. The second kappa shape index (κ2) is 4.48. The summed E-state index contributed by atoms with van der Waals surface area (Å²) in [6, 6.07) is 0. The van der Waals surface area contributed by atoms with E-state index in [1.165, 1.54) is 0 Å². The second-order valence-corrected chi connectivity index (χ2v) is 4.00. The van der Waals surface area contributed by atoms with Crippen LogP contribution >= 0.6 is 15.9 Å². The van der Waals surface area contributed by atoms with Gasteiger partial charge in [-0.3, -0.25) is 0 Å². The maximum absolute atomic E-state index is 11.8. The molecule has 0 aromatic rings. The molecule has 0 aromatic carbocycles. The second-order valence-electron chi connectivity index (χ2n) is 2.82.